The number of nitrogens with zero attached hydrogens (tertiary/aromatic N) is 1. The van der Waals surface area contributed by atoms with Gasteiger partial charge < -0.3 is 10.5 Å². The number of hydrogen-bond donors (Lipinski definition) is 1. The van der Waals surface area contributed by atoms with Crippen molar-refractivity contribution < 1.29 is 17.9 Å². The van der Waals surface area contributed by atoms with Gasteiger partial charge >= 0.3 is 5.97 Å². The van der Waals surface area contributed by atoms with Crippen molar-refractivity contribution in [2.75, 3.05) is 20.7 Å². The predicted octanol–water partition coefficient (Wildman–Crippen LogP) is 0.266. The summed E-state index contributed by atoms with van der Waals surface area (Å²) in [6.07, 6.45) is 0.912. The van der Waals surface area contributed by atoms with Gasteiger partial charge in [-0.25, -0.2) is 12.7 Å². The van der Waals surface area contributed by atoms with Gasteiger partial charge in [0.25, 0.3) is 0 Å². The lowest BCUT2D eigenvalue weighted by Gasteiger charge is -2.22. The Kier molecular flexibility index (Phi) is 7.34. The zero-order chi connectivity index (χ0) is 14.3. The van der Waals surface area contributed by atoms with Gasteiger partial charge in [-0.05, 0) is 12.8 Å². The summed E-state index contributed by atoms with van der Waals surface area (Å²) < 4.78 is 29.8. The molecule has 0 aliphatic rings. The van der Waals surface area contributed by atoms with E-state index in [0.29, 0.717) is 12.8 Å². The van der Waals surface area contributed by atoms with Gasteiger partial charge in [0.15, 0.2) is 0 Å². The molecule has 8 heteroatoms. The number of ether oxygens (including phenoxy) is 1. The van der Waals surface area contributed by atoms with Gasteiger partial charge in [0, 0.05) is 20.0 Å². The van der Waals surface area contributed by atoms with Crippen molar-refractivity contribution in [3.63, 3.8) is 0 Å². The molecule has 0 aromatic heterocycles. The summed E-state index contributed by atoms with van der Waals surface area (Å²) >= 11 is 4.75. The molecule has 0 spiro atoms. The molecule has 106 valence electrons. The van der Waals surface area contributed by atoms with Crippen molar-refractivity contribution in [3.8, 4) is 0 Å². The van der Waals surface area contributed by atoms with Gasteiger partial charge in [-0.15, -0.1) is 0 Å². The molecule has 0 rings (SSSR count). The molecule has 0 radical (unpaired) electrons. The molecular weight excluding hydrogens is 276 g/mol. The van der Waals surface area contributed by atoms with Crippen LogP contribution < -0.4 is 5.73 Å². The maximum Gasteiger partial charge on any atom is 0.305 e. The fourth-order valence-corrected chi connectivity index (χ4v) is 3.52. The molecule has 0 aliphatic carbocycles. The molecule has 0 aliphatic heterocycles. The molecule has 0 amide bonds. The molecule has 1 unspecified atom stereocenters. The third kappa shape index (κ3) is 4.87. The first-order valence-electron chi connectivity index (χ1n) is 5.58. The lowest BCUT2D eigenvalue weighted by atomic mass is 10.3. The van der Waals surface area contributed by atoms with E-state index in [1.165, 1.54) is 18.5 Å². The number of sulfonamides is 1. The summed E-state index contributed by atoms with van der Waals surface area (Å²) in [4.78, 5) is 10.9. The van der Waals surface area contributed by atoms with Crippen LogP contribution in [0, 0.1) is 0 Å². The van der Waals surface area contributed by atoms with E-state index in [4.69, 9.17) is 18.0 Å². The Morgan fingerprint density at radius 2 is 2.06 bits per heavy atom. The van der Waals surface area contributed by atoms with E-state index in [1.807, 2.05) is 0 Å². The Morgan fingerprint density at radius 3 is 2.44 bits per heavy atom. The van der Waals surface area contributed by atoms with Crippen LogP contribution in [0.4, 0.5) is 0 Å². The molecule has 0 saturated carbocycles. The second kappa shape index (κ2) is 7.65. The zero-order valence-corrected chi connectivity index (χ0v) is 12.5. The molecule has 0 bridgehead atoms. The number of nitrogens with two attached hydrogens (primary N) is 1. The third-order valence-electron chi connectivity index (χ3n) is 2.56. The highest BCUT2D eigenvalue weighted by atomic mass is 32.2. The normalized spacial score (nSPS) is 13.3. The van der Waals surface area contributed by atoms with Crippen LogP contribution >= 0.6 is 12.2 Å². The Bertz CT molecular complexity index is 395. The first-order chi connectivity index (χ1) is 8.27. The second-order valence-corrected chi connectivity index (χ2v) is 6.54. The number of rotatable bonds is 8. The van der Waals surface area contributed by atoms with E-state index in [9.17, 15) is 13.2 Å². The number of methoxy groups -OCH3 is 1. The molecular formula is C10H20N2O4S2. The number of carbonyl (C=O) groups is 1. The lowest BCUT2D eigenvalue weighted by molar-refractivity contribution is -0.140. The summed E-state index contributed by atoms with van der Waals surface area (Å²) in [5.41, 5.74) is 5.42. The van der Waals surface area contributed by atoms with E-state index < -0.39 is 15.3 Å². The number of thiocarbonyl (C=S) groups is 1. The fourth-order valence-electron chi connectivity index (χ4n) is 1.45. The van der Waals surface area contributed by atoms with Crippen LogP contribution in [-0.2, 0) is 19.6 Å². The summed E-state index contributed by atoms with van der Waals surface area (Å²) in [5.74, 6) is -0.359. The van der Waals surface area contributed by atoms with Crippen LogP contribution in [0.5, 0.6) is 0 Å². The first-order valence-corrected chi connectivity index (χ1v) is 7.49. The van der Waals surface area contributed by atoms with Crippen molar-refractivity contribution in [1.82, 2.24) is 4.31 Å². The molecule has 6 nitrogen and oxygen atoms in total. The number of esters is 1. The van der Waals surface area contributed by atoms with Gasteiger partial charge in [-0.1, -0.05) is 19.1 Å². The lowest BCUT2D eigenvalue weighted by Crippen LogP contribution is -2.43. The summed E-state index contributed by atoms with van der Waals surface area (Å²) in [6, 6.07) is 0. The van der Waals surface area contributed by atoms with Gasteiger partial charge in [-0.2, -0.15) is 0 Å². The van der Waals surface area contributed by atoms with Crippen molar-refractivity contribution in [2.24, 2.45) is 5.73 Å². The van der Waals surface area contributed by atoms with Crippen LogP contribution in [0.2, 0.25) is 0 Å². The van der Waals surface area contributed by atoms with E-state index in [-0.39, 0.29) is 23.9 Å². The molecule has 0 fully saturated rings. The molecule has 2 N–H and O–H groups in total. The number of hydrogen-bond acceptors (Lipinski definition) is 5. The zero-order valence-electron chi connectivity index (χ0n) is 10.9. The minimum atomic E-state index is -3.54. The standard InChI is InChI=1S/C10H20N2O4S2/c1-4-8(10(11)17)18(14,15)12(2)7-5-6-9(13)16-3/h8H,4-7H2,1-3H3,(H2,11,17). The van der Waals surface area contributed by atoms with Gasteiger partial charge in [0.05, 0.1) is 12.1 Å². The van der Waals surface area contributed by atoms with Crippen molar-refractivity contribution in [1.29, 1.82) is 0 Å². The van der Waals surface area contributed by atoms with Gasteiger partial charge in [0.2, 0.25) is 10.0 Å². The van der Waals surface area contributed by atoms with Crippen LogP contribution in [0.25, 0.3) is 0 Å². The second-order valence-electron chi connectivity index (χ2n) is 3.85. The Hall–Kier alpha value is -0.730. The van der Waals surface area contributed by atoms with Gasteiger partial charge in [0.1, 0.15) is 5.25 Å². The molecule has 0 aromatic carbocycles. The van der Waals surface area contributed by atoms with Crippen molar-refractivity contribution >= 4 is 33.2 Å². The molecule has 18 heavy (non-hydrogen) atoms. The van der Waals surface area contributed by atoms with Crippen LogP contribution in [0.15, 0.2) is 0 Å². The molecule has 1 atom stereocenters. The Labute approximate surface area is 114 Å². The molecule has 0 saturated heterocycles. The van der Waals surface area contributed by atoms with Crippen LogP contribution in [0.1, 0.15) is 26.2 Å². The topological polar surface area (TPSA) is 89.7 Å². The average Bonchev–Trinajstić information content (AvgIpc) is 2.28. The monoisotopic (exact) mass is 296 g/mol. The highest BCUT2D eigenvalue weighted by Crippen LogP contribution is 2.12. The highest BCUT2D eigenvalue weighted by Gasteiger charge is 2.30. The van der Waals surface area contributed by atoms with Crippen molar-refractivity contribution in [3.05, 3.63) is 0 Å². The first kappa shape index (κ1) is 17.3. The Morgan fingerprint density at radius 1 is 1.50 bits per heavy atom. The summed E-state index contributed by atoms with van der Waals surface area (Å²) in [6.45, 7) is 1.94. The van der Waals surface area contributed by atoms with Gasteiger partial charge in [-0.3, -0.25) is 4.79 Å². The SMILES string of the molecule is CCC(C(N)=S)S(=O)(=O)N(C)CCCC(=O)OC. The van der Waals surface area contributed by atoms with E-state index in [0.717, 1.165) is 0 Å². The Balaban J connectivity index is 4.52. The average molecular weight is 296 g/mol. The predicted molar refractivity (Wildman–Crippen MR) is 73.7 cm³/mol. The highest BCUT2D eigenvalue weighted by molar-refractivity contribution is 7.92. The number of carbonyl (C=O) groups excluding carboxylic acids is 1. The smallest absolute Gasteiger partial charge is 0.305 e. The van der Waals surface area contributed by atoms with E-state index in [1.54, 1.807) is 6.92 Å². The summed E-state index contributed by atoms with van der Waals surface area (Å²) in [7, 11) is -0.794. The van der Waals surface area contributed by atoms with E-state index >= 15 is 0 Å². The summed E-state index contributed by atoms with van der Waals surface area (Å²) in [5, 5.41) is -0.851. The molecule has 0 heterocycles. The fraction of sp³-hybridized carbons (Fsp3) is 0.800. The molecule has 0 aromatic rings. The maximum absolute atomic E-state index is 12.1. The third-order valence-corrected chi connectivity index (χ3v) is 5.36. The van der Waals surface area contributed by atoms with E-state index in [2.05, 4.69) is 4.74 Å². The van der Waals surface area contributed by atoms with Crippen molar-refractivity contribution in [2.45, 2.75) is 31.4 Å². The largest absolute Gasteiger partial charge is 0.469 e. The minimum Gasteiger partial charge on any atom is -0.469 e. The van der Waals surface area contributed by atoms with Crippen LogP contribution in [0.3, 0.4) is 0 Å². The quantitative estimate of drug-likeness (QED) is 0.511. The van der Waals surface area contributed by atoms with Crippen LogP contribution in [-0.4, -0.2) is 49.6 Å². The minimum absolute atomic E-state index is 0.0303. The maximum atomic E-state index is 12.1.